The van der Waals surface area contributed by atoms with Crippen LogP contribution in [0.5, 0.6) is 0 Å². The number of halogens is 1. The Kier molecular flexibility index (Phi) is 3.07. The summed E-state index contributed by atoms with van der Waals surface area (Å²) in [4.78, 5) is 4.03. The Morgan fingerprint density at radius 3 is 2.88 bits per heavy atom. The summed E-state index contributed by atoms with van der Waals surface area (Å²) in [5, 5.41) is 11.3. The van der Waals surface area contributed by atoms with Crippen LogP contribution in [0.1, 0.15) is 24.6 Å². The first kappa shape index (κ1) is 10.9. The topological polar surface area (TPSA) is 36.7 Å². The molecule has 2 nitrogen and oxygen atoms in total. The summed E-state index contributed by atoms with van der Waals surface area (Å²) in [5.41, 5.74) is 1.63. The van der Waals surface area contributed by atoms with Crippen LogP contribution in [0.3, 0.4) is 0 Å². The fourth-order valence-electron chi connectivity index (χ4n) is 1.88. The molecule has 0 atom stereocenters. The van der Waals surface area contributed by atoms with Crippen LogP contribution in [0.25, 0.3) is 10.8 Å². The van der Waals surface area contributed by atoms with Crippen molar-refractivity contribution in [3.05, 3.63) is 40.7 Å². The molecule has 16 heavy (non-hydrogen) atoms. The lowest BCUT2D eigenvalue weighted by Gasteiger charge is -2.06. The Morgan fingerprint density at radius 2 is 2.19 bits per heavy atom. The van der Waals surface area contributed by atoms with Crippen LogP contribution in [-0.2, 0) is 6.42 Å². The van der Waals surface area contributed by atoms with E-state index in [1.807, 2.05) is 18.2 Å². The molecule has 1 aromatic carbocycles. The highest BCUT2D eigenvalue weighted by Gasteiger charge is 2.07. The maximum atomic E-state index is 9.01. The summed E-state index contributed by atoms with van der Waals surface area (Å²) < 4.78 is 0. The van der Waals surface area contributed by atoms with Crippen LogP contribution in [0.2, 0.25) is 5.15 Å². The number of fused-ring (bicyclic) bond motifs is 1. The number of rotatable bonds is 2. The van der Waals surface area contributed by atoms with Crippen molar-refractivity contribution in [2.45, 2.75) is 19.8 Å². The number of nitriles is 1. The van der Waals surface area contributed by atoms with Crippen molar-refractivity contribution in [2.24, 2.45) is 0 Å². The summed E-state index contributed by atoms with van der Waals surface area (Å²) in [6, 6.07) is 9.87. The first-order chi connectivity index (χ1) is 7.76. The van der Waals surface area contributed by atoms with Crippen molar-refractivity contribution in [3.8, 4) is 6.07 Å². The third-order valence-electron chi connectivity index (χ3n) is 2.56. The van der Waals surface area contributed by atoms with E-state index < -0.39 is 0 Å². The standard InChI is InChI=1S/C13H11ClN2/c1-2-4-9-5-3-6-10-11(9)7-13(14)16-12(10)8-15/h3,5-7H,2,4H2,1H3. The lowest BCUT2D eigenvalue weighted by Crippen LogP contribution is -1.91. The molecule has 0 unspecified atom stereocenters. The van der Waals surface area contributed by atoms with Crippen LogP contribution in [0.15, 0.2) is 24.3 Å². The molecule has 0 amide bonds. The number of aromatic nitrogens is 1. The average Bonchev–Trinajstić information content (AvgIpc) is 2.29. The zero-order valence-corrected chi connectivity index (χ0v) is 9.75. The smallest absolute Gasteiger partial charge is 0.150 e. The first-order valence-electron chi connectivity index (χ1n) is 5.24. The molecule has 1 aromatic heterocycles. The van der Waals surface area contributed by atoms with Gasteiger partial charge in [0.2, 0.25) is 0 Å². The molecule has 0 saturated heterocycles. The number of nitrogens with zero attached hydrogens (tertiary/aromatic N) is 2. The molecule has 0 aliphatic rings. The van der Waals surface area contributed by atoms with Gasteiger partial charge >= 0.3 is 0 Å². The molecule has 0 N–H and O–H groups in total. The van der Waals surface area contributed by atoms with Gasteiger partial charge in [-0.3, -0.25) is 0 Å². The van der Waals surface area contributed by atoms with Gasteiger partial charge in [0.25, 0.3) is 0 Å². The van der Waals surface area contributed by atoms with Gasteiger partial charge < -0.3 is 0 Å². The number of pyridine rings is 1. The summed E-state index contributed by atoms with van der Waals surface area (Å²) in [5.74, 6) is 0. The highest BCUT2D eigenvalue weighted by molar-refractivity contribution is 6.30. The largest absolute Gasteiger partial charge is 0.225 e. The summed E-state index contributed by atoms with van der Waals surface area (Å²) in [6.07, 6.45) is 2.06. The van der Waals surface area contributed by atoms with Crippen LogP contribution in [-0.4, -0.2) is 4.98 Å². The molecule has 2 aromatic rings. The van der Waals surface area contributed by atoms with Gasteiger partial charge in [-0.15, -0.1) is 0 Å². The van der Waals surface area contributed by atoms with E-state index in [1.165, 1.54) is 5.56 Å². The second-order valence-electron chi connectivity index (χ2n) is 3.67. The van der Waals surface area contributed by atoms with Crippen LogP contribution in [0.4, 0.5) is 0 Å². The lowest BCUT2D eigenvalue weighted by atomic mass is 10.0. The van der Waals surface area contributed by atoms with E-state index in [0.29, 0.717) is 10.8 Å². The molecule has 80 valence electrons. The number of benzene rings is 1. The minimum atomic E-state index is 0.382. The highest BCUT2D eigenvalue weighted by Crippen LogP contribution is 2.24. The summed E-state index contributed by atoms with van der Waals surface area (Å²) in [6.45, 7) is 2.13. The van der Waals surface area contributed by atoms with E-state index in [0.717, 1.165) is 23.6 Å². The molecule has 0 bridgehead atoms. The van der Waals surface area contributed by atoms with Crippen molar-refractivity contribution in [1.29, 1.82) is 5.26 Å². The molecule has 1 heterocycles. The Balaban J connectivity index is 2.78. The maximum absolute atomic E-state index is 9.01. The van der Waals surface area contributed by atoms with Crippen molar-refractivity contribution in [3.63, 3.8) is 0 Å². The Hall–Kier alpha value is -1.59. The van der Waals surface area contributed by atoms with Crippen LogP contribution < -0.4 is 0 Å². The third kappa shape index (κ3) is 1.87. The lowest BCUT2D eigenvalue weighted by molar-refractivity contribution is 0.929. The van der Waals surface area contributed by atoms with Gasteiger partial charge in [0.1, 0.15) is 16.9 Å². The van der Waals surface area contributed by atoms with Gasteiger partial charge in [-0.05, 0) is 23.4 Å². The fraction of sp³-hybridized carbons (Fsp3) is 0.231. The van der Waals surface area contributed by atoms with Crippen molar-refractivity contribution < 1.29 is 0 Å². The minimum absolute atomic E-state index is 0.382. The van der Waals surface area contributed by atoms with Crippen molar-refractivity contribution in [1.82, 2.24) is 4.98 Å². The predicted molar refractivity (Wildman–Crippen MR) is 65.5 cm³/mol. The second-order valence-corrected chi connectivity index (χ2v) is 4.05. The van der Waals surface area contributed by atoms with Crippen molar-refractivity contribution in [2.75, 3.05) is 0 Å². The molecule has 0 aliphatic carbocycles. The first-order valence-corrected chi connectivity index (χ1v) is 5.62. The van der Waals surface area contributed by atoms with E-state index in [9.17, 15) is 0 Å². The zero-order chi connectivity index (χ0) is 11.5. The molecule has 3 heteroatoms. The summed E-state index contributed by atoms with van der Waals surface area (Å²) >= 11 is 5.91. The zero-order valence-electron chi connectivity index (χ0n) is 9.00. The van der Waals surface area contributed by atoms with Gasteiger partial charge in [0.15, 0.2) is 0 Å². The van der Waals surface area contributed by atoms with E-state index in [1.54, 1.807) is 0 Å². The van der Waals surface area contributed by atoms with Crippen molar-refractivity contribution >= 4 is 22.4 Å². The number of hydrogen-bond acceptors (Lipinski definition) is 2. The van der Waals surface area contributed by atoms with Gasteiger partial charge in [-0.25, -0.2) is 4.98 Å². The van der Waals surface area contributed by atoms with Crippen LogP contribution >= 0.6 is 11.6 Å². The van der Waals surface area contributed by atoms with Gasteiger partial charge in [-0.1, -0.05) is 43.1 Å². The molecule has 0 aliphatic heterocycles. The van der Waals surface area contributed by atoms with Gasteiger partial charge in [0, 0.05) is 5.39 Å². The van der Waals surface area contributed by atoms with Gasteiger partial charge in [-0.2, -0.15) is 5.26 Å². The summed E-state index contributed by atoms with van der Waals surface area (Å²) in [7, 11) is 0. The fourth-order valence-corrected chi connectivity index (χ4v) is 2.07. The number of hydrogen-bond donors (Lipinski definition) is 0. The molecular weight excluding hydrogens is 220 g/mol. The van der Waals surface area contributed by atoms with E-state index in [2.05, 4.69) is 24.0 Å². The Labute approximate surface area is 99.5 Å². The van der Waals surface area contributed by atoms with Gasteiger partial charge in [0.05, 0.1) is 0 Å². The quantitative estimate of drug-likeness (QED) is 0.738. The minimum Gasteiger partial charge on any atom is -0.225 e. The Bertz CT molecular complexity index is 570. The third-order valence-corrected chi connectivity index (χ3v) is 2.75. The SMILES string of the molecule is CCCc1cccc2c(C#N)nc(Cl)cc12. The average molecular weight is 231 g/mol. The van der Waals surface area contributed by atoms with Crippen LogP contribution in [0, 0.1) is 11.3 Å². The highest BCUT2D eigenvalue weighted by atomic mass is 35.5. The molecule has 0 radical (unpaired) electrons. The van der Waals surface area contributed by atoms with E-state index in [4.69, 9.17) is 16.9 Å². The molecule has 0 saturated carbocycles. The molecule has 0 spiro atoms. The maximum Gasteiger partial charge on any atom is 0.150 e. The van der Waals surface area contributed by atoms with E-state index in [-0.39, 0.29) is 0 Å². The molecular formula is C13H11ClN2. The normalized spacial score (nSPS) is 10.3. The predicted octanol–water partition coefficient (Wildman–Crippen LogP) is 3.71. The Morgan fingerprint density at radius 1 is 1.38 bits per heavy atom. The molecule has 2 rings (SSSR count). The number of aryl methyl sites for hydroxylation is 1. The van der Waals surface area contributed by atoms with E-state index >= 15 is 0 Å². The second kappa shape index (κ2) is 4.51. The monoisotopic (exact) mass is 230 g/mol. The molecule has 0 fully saturated rings.